The molecule has 2 N–H and O–H groups in total. The molecule has 0 spiro atoms. The molecule has 27 heavy (non-hydrogen) atoms. The first-order chi connectivity index (χ1) is 12.9. The van der Waals surface area contributed by atoms with Crippen LogP contribution in [0.2, 0.25) is 0 Å². The van der Waals surface area contributed by atoms with E-state index >= 15 is 0 Å². The first-order valence-electron chi connectivity index (χ1n) is 8.54. The minimum absolute atomic E-state index is 0.224. The Labute approximate surface area is 154 Å². The van der Waals surface area contributed by atoms with Gasteiger partial charge in [0, 0.05) is 18.7 Å². The zero-order valence-corrected chi connectivity index (χ0v) is 14.4. The fourth-order valence-corrected chi connectivity index (χ4v) is 2.70. The molecule has 1 fully saturated rings. The van der Waals surface area contributed by atoms with Crippen molar-refractivity contribution in [2.75, 3.05) is 11.9 Å². The Kier molecular flexibility index (Phi) is 5.98. The number of alkyl halides is 3. The van der Waals surface area contributed by atoms with E-state index in [1.165, 1.54) is 12.1 Å². The average Bonchev–Trinajstić information content (AvgIpc) is 2.67. The van der Waals surface area contributed by atoms with Crippen LogP contribution in [-0.4, -0.2) is 18.8 Å². The van der Waals surface area contributed by atoms with Gasteiger partial charge in [0.05, 0.1) is 16.8 Å². The number of hydroxylamine groups is 1. The molecule has 0 saturated carbocycles. The van der Waals surface area contributed by atoms with Crippen molar-refractivity contribution >= 4 is 17.3 Å². The van der Waals surface area contributed by atoms with E-state index in [0.29, 0.717) is 18.7 Å². The van der Waals surface area contributed by atoms with Crippen LogP contribution in [0.4, 0.5) is 24.5 Å². The summed E-state index contributed by atoms with van der Waals surface area (Å²) in [5.74, 6) is -0.515. The maximum absolute atomic E-state index is 12.9. The predicted molar refractivity (Wildman–Crippen MR) is 93.3 cm³/mol. The number of carbonyl (C=O) groups excluding carboxylic acids is 1. The molecule has 1 unspecified atom stereocenters. The van der Waals surface area contributed by atoms with Gasteiger partial charge in [0.25, 0.3) is 5.91 Å². The molecule has 2 aromatic carbocycles. The van der Waals surface area contributed by atoms with E-state index in [1.54, 1.807) is 24.3 Å². The van der Waals surface area contributed by atoms with Gasteiger partial charge < -0.3 is 10.1 Å². The number of para-hydroxylation sites is 1. The summed E-state index contributed by atoms with van der Waals surface area (Å²) in [6, 6.07) is 11.3. The number of hydrogen-bond acceptors (Lipinski definition) is 4. The Morgan fingerprint density at radius 3 is 2.67 bits per heavy atom. The summed E-state index contributed by atoms with van der Waals surface area (Å²) in [6.45, 7) is 0.578. The number of rotatable bonds is 5. The maximum Gasteiger partial charge on any atom is 0.416 e. The first kappa shape index (κ1) is 19.2. The molecular weight excluding hydrogens is 361 g/mol. The highest BCUT2D eigenvalue weighted by Crippen LogP contribution is 2.31. The zero-order valence-electron chi connectivity index (χ0n) is 14.4. The van der Waals surface area contributed by atoms with E-state index in [1.807, 2.05) is 0 Å². The Morgan fingerprint density at radius 1 is 1.11 bits per heavy atom. The normalized spacial score (nSPS) is 17.4. The van der Waals surface area contributed by atoms with E-state index in [2.05, 4.69) is 10.8 Å². The van der Waals surface area contributed by atoms with Gasteiger partial charge in [0.1, 0.15) is 0 Å². The van der Waals surface area contributed by atoms with Crippen molar-refractivity contribution in [1.82, 2.24) is 5.48 Å². The van der Waals surface area contributed by atoms with E-state index in [0.717, 1.165) is 25.0 Å². The molecule has 1 amide bonds. The molecule has 2 aromatic rings. The second kappa shape index (κ2) is 8.41. The van der Waals surface area contributed by atoms with Crippen LogP contribution >= 0.6 is 0 Å². The summed E-state index contributed by atoms with van der Waals surface area (Å²) < 4.78 is 44.0. The van der Waals surface area contributed by atoms with Crippen LogP contribution in [0.5, 0.6) is 0 Å². The van der Waals surface area contributed by atoms with Crippen LogP contribution in [-0.2, 0) is 15.8 Å². The number of anilines is 2. The molecule has 144 valence electrons. The van der Waals surface area contributed by atoms with Crippen LogP contribution in [0.3, 0.4) is 0 Å². The number of ether oxygens (including phenoxy) is 1. The summed E-state index contributed by atoms with van der Waals surface area (Å²) in [5, 5.41) is 2.86. The van der Waals surface area contributed by atoms with Crippen LogP contribution in [0, 0.1) is 0 Å². The van der Waals surface area contributed by atoms with Crippen molar-refractivity contribution in [3.05, 3.63) is 59.7 Å². The first-order valence-corrected chi connectivity index (χ1v) is 8.54. The van der Waals surface area contributed by atoms with Crippen molar-refractivity contribution in [2.24, 2.45) is 0 Å². The van der Waals surface area contributed by atoms with E-state index in [-0.39, 0.29) is 11.3 Å². The van der Waals surface area contributed by atoms with Crippen molar-refractivity contribution in [3.8, 4) is 0 Å². The molecule has 8 heteroatoms. The molecule has 1 aliphatic rings. The SMILES string of the molecule is O=C(NOC1CCCCO1)c1ccccc1Nc1cccc(C(F)(F)F)c1. The van der Waals surface area contributed by atoms with Crippen LogP contribution < -0.4 is 10.8 Å². The van der Waals surface area contributed by atoms with Crippen molar-refractivity contribution < 1.29 is 27.5 Å². The minimum atomic E-state index is -4.44. The Morgan fingerprint density at radius 2 is 1.93 bits per heavy atom. The molecule has 1 atom stereocenters. The Balaban J connectivity index is 1.71. The lowest BCUT2D eigenvalue weighted by Crippen LogP contribution is -2.33. The topological polar surface area (TPSA) is 59.6 Å². The van der Waals surface area contributed by atoms with Gasteiger partial charge in [-0.25, -0.2) is 10.3 Å². The zero-order chi connectivity index (χ0) is 19.3. The fraction of sp³-hybridized carbons (Fsp3) is 0.316. The third-order valence-corrected chi connectivity index (χ3v) is 4.06. The van der Waals surface area contributed by atoms with Gasteiger partial charge in [-0.3, -0.25) is 4.79 Å². The second-order valence-corrected chi connectivity index (χ2v) is 6.09. The Hall–Kier alpha value is -2.58. The van der Waals surface area contributed by atoms with Crippen LogP contribution in [0.15, 0.2) is 48.5 Å². The van der Waals surface area contributed by atoms with E-state index in [4.69, 9.17) is 9.57 Å². The van der Waals surface area contributed by atoms with Gasteiger partial charge >= 0.3 is 6.18 Å². The largest absolute Gasteiger partial charge is 0.416 e. The maximum atomic E-state index is 12.9. The van der Waals surface area contributed by atoms with Crippen molar-refractivity contribution in [3.63, 3.8) is 0 Å². The minimum Gasteiger partial charge on any atom is -0.355 e. The highest BCUT2D eigenvalue weighted by Gasteiger charge is 2.30. The standard InChI is InChI=1S/C19H19F3N2O3/c20-19(21,22)13-6-5-7-14(12-13)23-16-9-2-1-8-15(16)18(25)24-27-17-10-3-4-11-26-17/h1-2,5-9,12,17,23H,3-4,10-11H2,(H,24,25). The molecule has 0 aliphatic carbocycles. The van der Waals surface area contributed by atoms with Crippen LogP contribution in [0.1, 0.15) is 35.2 Å². The highest BCUT2D eigenvalue weighted by atomic mass is 19.4. The van der Waals surface area contributed by atoms with Gasteiger partial charge in [-0.2, -0.15) is 13.2 Å². The van der Waals surface area contributed by atoms with Gasteiger partial charge in [-0.05, 0) is 43.2 Å². The third kappa shape index (κ3) is 5.21. The smallest absolute Gasteiger partial charge is 0.355 e. The molecule has 0 bridgehead atoms. The highest BCUT2D eigenvalue weighted by molar-refractivity contribution is 5.99. The number of nitrogens with one attached hydrogen (secondary N) is 2. The fourth-order valence-electron chi connectivity index (χ4n) is 2.70. The van der Waals surface area contributed by atoms with Crippen molar-refractivity contribution in [1.29, 1.82) is 0 Å². The average molecular weight is 380 g/mol. The second-order valence-electron chi connectivity index (χ2n) is 6.09. The summed E-state index contributed by atoms with van der Waals surface area (Å²) in [6.07, 6.45) is -2.34. The lowest BCUT2D eigenvalue weighted by Gasteiger charge is -2.22. The predicted octanol–water partition coefficient (Wildman–Crippen LogP) is 4.64. The summed E-state index contributed by atoms with van der Waals surface area (Å²) in [7, 11) is 0. The van der Waals surface area contributed by atoms with Gasteiger partial charge in [-0.15, -0.1) is 0 Å². The lowest BCUT2D eigenvalue weighted by atomic mass is 10.1. The third-order valence-electron chi connectivity index (χ3n) is 4.06. The monoisotopic (exact) mass is 380 g/mol. The molecule has 1 aliphatic heterocycles. The van der Waals surface area contributed by atoms with Gasteiger partial charge in [0.15, 0.2) is 6.29 Å². The number of halogens is 3. The number of carbonyl (C=O) groups is 1. The van der Waals surface area contributed by atoms with Crippen LogP contribution in [0.25, 0.3) is 0 Å². The molecule has 5 nitrogen and oxygen atoms in total. The quantitative estimate of drug-likeness (QED) is 0.742. The van der Waals surface area contributed by atoms with Gasteiger partial charge in [-0.1, -0.05) is 18.2 Å². The number of amides is 1. The summed E-state index contributed by atoms with van der Waals surface area (Å²) >= 11 is 0. The Bertz CT molecular complexity index is 790. The van der Waals surface area contributed by atoms with Crippen molar-refractivity contribution in [2.45, 2.75) is 31.7 Å². The van der Waals surface area contributed by atoms with E-state index in [9.17, 15) is 18.0 Å². The molecule has 1 saturated heterocycles. The van der Waals surface area contributed by atoms with E-state index < -0.39 is 23.9 Å². The molecule has 3 rings (SSSR count). The number of benzene rings is 2. The molecule has 1 heterocycles. The summed E-state index contributed by atoms with van der Waals surface area (Å²) in [5.41, 5.74) is 2.40. The summed E-state index contributed by atoms with van der Waals surface area (Å²) in [4.78, 5) is 17.7. The molecule has 0 aromatic heterocycles. The van der Waals surface area contributed by atoms with Gasteiger partial charge in [0.2, 0.25) is 0 Å². The lowest BCUT2D eigenvalue weighted by molar-refractivity contribution is -0.186. The number of hydrogen-bond donors (Lipinski definition) is 2. The molecule has 0 radical (unpaired) electrons. The molecular formula is C19H19F3N2O3.